The average Bonchev–Trinajstić information content (AvgIpc) is 2.63. The van der Waals surface area contributed by atoms with Gasteiger partial charge in [0.05, 0.1) is 0 Å². The van der Waals surface area contributed by atoms with Gasteiger partial charge >= 0.3 is 92.7 Å². The van der Waals surface area contributed by atoms with E-state index < -0.39 is 0 Å². The molecule has 0 saturated carbocycles. The van der Waals surface area contributed by atoms with E-state index in [1.54, 1.807) is 0 Å². The summed E-state index contributed by atoms with van der Waals surface area (Å²) < 4.78 is 0. The van der Waals surface area contributed by atoms with Gasteiger partial charge in [-0.1, -0.05) is 77.6 Å². The monoisotopic (exact) mass is 412 g/mol. The van der Waals surface area contributed by atoms with Crippen LogP contribution in [-0.4, -0.2) is 16.9 Å². The zero-order valence-corrected chi connectivity index (χ0v) is 19.6. The molecule has 0 aliphatic rings. The zero-order chi connectivity index (χ0) is 18.3. The van der Waals surface area contributed by atoms with Crippen molar-refractivity contribution in [2.75, 3.05) is 0 Å². The molecule has 2 radical (unpaired) electrons. The van der Waals surface area contributed by atoms with Gasteiger partial charge in [0.15, 0.2) is 0 Å². The number of unbranched alkanes of at least 4 members (excludes halogenated alkanes) is 21. The first-order valence-electron chi connectivity index (χ1n) is 12.0. The summed E-state index contributed by atoms with van der Waals surface area (Å²) in [5, 5.41) is 1.31. The van der Waals surface area contributed by atoms with Crippen LogP contribution in [0.15, 0.2) is 0 Å². The summed E-state index contributed by atoms with van der Waals surface area (Å²) in [6, 6.07) is 0. The van der Waals surface area contributed by atoms with Crippen LogP contribution in [0.25, 0.3) is 0 Å². The van der Waals surface area contributed by atoms with E-state index in [-0.39, 0.29) is 0 Å². The van der Waals surface area contributed by atoms with Crippen LogP contribution in [-0.2, 0) is 0 Å². The molecule has 0 N–H and O–H groups in total. The van der Waals surface area contributed by atoms with Gasteiger partial charge in [0.1, 0.15) is 0 Å². The Morgan fingerprint density at radius 2 is 0.520 bits per heavy atom. The molecule has 1 heteroatoms. The molecule has 0 aliphatic heterocycles. The number of hydrogen-bond donors (Lipinski definition) is 0. The Morgan fingerprint density at radius 1 is 0.320 bits per heavy atom. The van der Waals surface area contributed by atoms with E-state index >= 15 is 0 Å². The van der Waals surface area contributed by atoms with Crippen molar-refractivity contribution in [2.45, 2.75) is 153 Å². The van der Waals surface area contributed by atoms with Crippen LogP contribution < -0.4 is 0 Å². The van der Waals surface area contributed by atoms with E-state index in [1.165, 1.54) is 146 Å². The second-order valence-electron chi connectivity index (χ2n) is 8.15. The summed E-state index contributed by atoms with van der Waals surface area (Å²) >= 11 is 2.70. The molecule has 150 valence electrons. The molecular formula is C24H49As. The molecule has 0 saturated heterocycles. The second-order valence-corrected chi connectivity index (χ2v) is 9.09. The van der Waals surface area contributed by atoms with Gasteiger partial charge in [-0.25, -0.2) is 0 Å². The van der Waals surface area contributed by atoms with Crippen LogP contribution in [0, 0.1) is 0 Å². The summed E-state index contributed by atoms with van der Waals surface area (Å²) in [6.07, 6.45) is 32.4. The first-order chi connectivity index (χ1) is 12.4. The Balaban J connectivity index is 2.94. The molecule has 0 spiro atoms. The summed E-state index contributed by atoms with van der Waals surface area (Å²) in [5.41, 5.74) is 0. The molecule has 0 atom stereocenters. The topological polar surface area (TPSA) is 0 Å². The van der Waals surface area contributed by atoms with Gasteiger partial charge in [0, 0.05) is 0 Å². The summed E-state index contributed by atoms with van der Waals surface area (Å²) in [6.45, 7) is 2.30. The first-order valence-corrected chi connectivity index (χ1v) is 13.4. The summed E-state index contributed by atoms with van der Waals surface area (Å²) in [5.74, 6) is 0. The molecule has 0 amide bonds. The van der Waals surface area contributed by atoms with Gasteiger partial charge in [-0.05, 0) is 0 Å². The van der Waals surface area contributed by atoms with E-state index in [4.69, 9.17) is 0 Å². The molecule has 0 aromatic carbocycles. The van der Waals surface area contributed by atoms with Crippen molar-refractivity contribution in [1.29, 1.82) is 0 Å². The van der Waals surface area contributed by atoms with Gasteiger partial charge < -0.3 is 0 Å². The Labute approximate surface area is 170 Å². The maximum absolute atomic E-state index is 2.70. The van der Waals surface area contributed by atoms with Crippen molar-refractivity contribution in [3.8, 4) is 0 Å². The fraction of sp³-hybridized carbons (Fsp3) is 1.00. The second kappa shape index (κ2) is 24.6. The minimum absolute atomic E-state index is 1.31. The fourth-order valence-corrected chi connectivity index (χ4v) is 4.19. The minimum atomic E-state index is 1.31. The van der Waals surface area contributed by atoms with E-state index in [1.807, 2.05) is 0 Å². The van der Waals surface area contributed by atoms with Gasteiger partial charge in [-0.2, -0.15) is 0 Å². The van der Waals surface area contributed by atoms with Gasteiger partial charge in [0.2, 0.25) is 0 Å². The molecule has 0 aromatic heterocycles. The quantitative estimate of drug-likeness (QED) is 0.123. The third-order valence-electron chi connectivity index (χ3n) is 5.51. The third kappa shape index (κ3) is 24.6. The van der Waals surface area contributed by atoms with E-state index in [0.717, 1.165) is 0 Å². The molecule has 0 heterocycles. The van der Waals surface area contributed by atoms with Crippen LogP contribution in [0.5, 0.6) is 0 Å². The Morgan fingerprint density at radius 3 is 0.720 bits per heavy atom. The molecular weight excluding hydrogens is 363 g/mol. The Kier molecular flexibility index (Phi) is 25.1. The van der Waals surface area contributed by atoms with Crippen molar-refractivity contribution in [3.05, 3.63) is 0 Å². The first kappa shape index (κ1) is 25.6. The molecule has 0 aromatic rings. The Bertz CT molecular complexity index is 192. The van der Waals surface area contributed by atoms with Crippen LogP contribution in [0.3, 0.4) is 0 Å². The zero-order valence-electron chi connectivity index (χ0n) is 17.7. The Hall–Kier alpha value is 0.558. The average molecular weight is 413 g/mol. The van der Waals surface area contributed by atoms with E-state index in [0.29, 0.717) is 0 Å². The van der Waals surface area contributed by atoms with Gasteiger partial charge in [-0.3, -0.25) is 0 Å². The molecule has 0 rings (SSSR count). The summed E-state index contributed by atoms with van der Waals surface area (Å²) in [7, 11) is 0. The van der Waals surface area contributed by atoms with Gasteiger partial charge in [-0.15, -0.1) is 0 Å². The normalized spacial score (nSPS) is 11.3. The predicted molar refractivity (Wildman–Crippen MR) is 118 cm³/mol. The molecule has 0 unspecified atom stereocenters. The van der Waals surface area contributed by atoms with Crippen molar-refractivity contribution in [3.63, 3.8) is 0 Å². The van der Waals surface area contributed by atoms with Crippen LogP contribution in [0.2, 0.25) is 5.21 Å². The van der Waals surface area contributed by atoms with Crippen LogP contribution >= 0.6 is 0 Å². The van der Waals surface area contributed by atoms with Crippen LogP contribution in [0.1, 0.15) is 148 Å². The van der Waals surface area contributed by atoms with E-state index in [9.17, 15) is 0 Å². The maximum atomic E-state index is 2.70. The molecule has 0 bridgehead atoms. The molecule has 0 aliphatic carbocycles. The molecule has 0 nitrogen and oxygen atoms in total. The van der Waals surface area contributed by atoms with Crippen molar-refractivity contribution < 1.29 is 0 Å². The fourth-order valence-electron chi connectivity index (χ4n) is 3.72. The third-order valence-corrected chi connectivity index (χ3v) is 6.18. The van der Waals surface area contributed by atoms with E-state index in [2.05, 4.69) is 23.8 Å². The van der Waals surface area contributed by atoms with Crippen LogP contribution in [0.4, 0.5) is 0 Å². The van der Waals surface area contributed by atoms with Crippen molar-refractivity contribution in [1.82, 2.24) is 0 Å². The predicted octanol–water partition coefficient (Wildman–Crippen LogP) is 9.18. The SMILES string of the molecule is CCCCCCCCCCCCCCCCCCCCCCCC[As]. The van der Waals surface area contributed by atoms with Gasteiger partial charge in [0.25, 0.3) is 0 Å². The molecule has 25 heavy (non-hydrogen) atoms. The number of hydrogen-bond acceptors (Lipinski definition) is 0. The number of rotatable bonds is 22. The standard InChI is InChI=1S/C24H49As/c1-2-3-4-5-6-7-8-9-10-11-12-13-14-15-16-17-18-19-20-21-22-23-24-25/h2-24H2,1H3. The van der Waals surface area contributed by atoms with Crippen molar-refractivity contribution in [2.24, 2.45) is 0 Å². The molecule has 0 fully saturated rings. The summed E-state index contributed by atoms with van der Waals surface area (Å²) in [4.78, 5) is 0. The van der Waals surface area contributed by atoms with Crippen molar-refractivity contribution >= 4 is 16.9 Å².